The zero-order valence-electron chi connectivity index (χ0n) is 15.2. The normalized spacial score (nSPS) is 19.0. The Kier molecular flexibility index (Phi) is 7.18. The molecule has 2 N–H and O–H groups in total. The van der Waals surface area contributed by atoms with E-state index in [1.807, 2.05) is 0 Å². The molecule has 0 aliphatic carbocycles. The summed E-state index contributed by atoms with van der Waals surface area (Å²) in [5.74, 6) is 1.77. The van der Waals surface area contributed by atoms with E-state index in [2.05, 4.69) is 36.4 Å². The van der Waals surface area contributed by atoms with Gasteiger partial charge in [0.25, 0.3) is 5.69 Å². The van der Waals surface area contributed by atoms with Gasteiger partial charge in [0.15, 0.2) is 5.96 Å². The van der Waals surface area contributed by atoms with Crippen LogP contribution in [0.15, 0.2) is 29.3 Å². The second-order valence-electron chi connectivity index (χ2n) is 6.88. The molecule has 1 heterocycles. The van der Waals surface area contributed by atoms with Crippen molar-refractivity contribution >= 4 is 11.6 Å². The fraction of sp³-hybridized carbons (Fsp3) is 0.611. The highest BCUT2D eigenvalue weighted by atomic mass is 16.6. The Hall–Kier alpha value is -2.15. The van der Waals surface area contributed by atoms with Crippen LogP contribution in [-0.4, -0.2) is 36.7 Å². The standard InChI is InChI=1S/C18H28N4O3/c1-13(2)14(3)21-18(20-11-16-8-9-25-12-16)19-10-15-4-6-17(7-5-15)22(23)24/h4-7,13-14,16H,8-12H2,1-3H3,(H2,19,20,21). The van der Waals surface area contributed by atoms with Gasteiger partial charge in [0, 0.05) is 37.2 Å². The van der Waals surface area contributed by atoms with Crippen molar-refractivity contribution in [2.75, 3.05) is 19.8 Å². The van der Waals surface area contributed by atoms with E-state index >= 15 is 0 Å². The van der Waals surface area contributed by atoms with Crippen LogP contribution in [0, 0.1) is 22.0 Å². The average molecular weight is 348 g/mol. The number of nitrogens with one attached hydrogen (secondary N) is 2. The first-order valence-corrected chi connectivity index (χ1v) is 8.81. The predicted molar refractivity (Wildman–Crippen MR) is 98.6 cm³/mol. The molecule has 1 aliphatic rings. The summed E-state index contributed by atoms with van der Waals surface area (Å²) in [7, 11) is 0. The van der Waals surface area contributed by atoms with Gasteiger partial charge < -0.3 is 15.4 Å². The molecule has 2 atom stereocenters. The molecule has 0 amide bonds. The Morgan fingerprint density at radius 2 is 2.08 bits per heavy atom. The van der Waals surface area contributed by atoms with Gasteiger partial charge in [-0.3, -0.25) is 10.1 Å². The van der Waals surface area contributed by atoms with Crippen LogP contribution in [0.5, 0.6) is 0 Å². The Bertz CT molecular complexity index is 580. The van der Waals surface area contributed by atoms with E-state index in [0.717, 1.165) is 37.7 Å². The van der Waals surface area contributed by atoms with Crippen LogP contribution < -0.4 is 10.6 Å². The molecule has 2 unspecified atom stereocenters. The Labute approximate surface area is 149 Å². The Morgan fingerprint density at radius 1 is 1.36 bits per heavy atom. The van der Waals surface area contributed by atoms with E-state index < -0.39 is 4.92 Å². The molecule has 0 saturated carbocycles. The van der Waals surface area contributed by atoms with E-state index in [1.165, 1.54) is 12.1 Å². The van der Waals surface area contributed by atoms with Crippen LogP contribution in [0.3, 0.4) is 0 Å². The molecule has 0 bridgehead atoms. The molecule has 138 valence electrons. The molecule has 0 radical (unpaired) electrons. The molecule has 2 rings (SSSR count). The average Bonchev–Trinajstić information content (AvgIpc) is 3.10. The molecule has 1 aromatic rings. The molecule has 7 nitrogen and oxygen atoms in total. The highest BCUT2D eigenvalue weighted by Gasteiger charge is 2.17. The van der Waals surface area contributed by atoms with Gasteiger partial charge in [0.1, 0.15) is 0 Å². The molecular weight excluding hydrogens is 320 g/mol. The highest BCUT2D eigenvalue weighted by molar-refractivity contribution is 5.80. The molecule has 0 spiro atoms. The summed E-state index contributed by atoms with van der Waals surface area (Å²) in [6.45, 7) is 9.38. The van der Waals surface area contributed by atoms with Gasteiger partial charge in [-0.15, -0.1) is 0 Å². The molecule has 7 heteroatoms. The molecule has 1 saturated heterocycles. The number of guanidine groups is 1. The Balaban J connectivity index is 1.98. The van der Waals surface area contributed by atoms with Crippen LogP contribution in [0.2, 0.25) is 0 Å². The van der Waals surface area contributed by atoms with Crippen molar-refractivity contribution in [2.45, 2.75) is 39.8 Å². The number of nitro groups is 1. The SMILES string of the molecule is CC(C)C(C)NC(=NCc1ccc([N+](=O)[O-])cc1)NCC1CCOC1. The highest BCUT2D eigenvalue weighted by Crippen LogP contribution is 2.13. The van der Waals surface area contributed by atoms with E-state index in [-0.39, 0.29) is 5.69 Å². The maximum absolute atomic E-state index is 10.7. The van der Waals surface area contributed by atoms with Crippen molar-refractivity contribution in [3.63, 3.8) is 0 Å². The summed E-state index contributed by atoms with van der Waals surface area (Å²) >= 11 is 0. The lowest BCUT2D eigenvalue weighted by Gasteiger charge is -2.22. The van der Waals surface area contributed by atoms with Crippen molar-refractivity contribution in [3.8, 4) is 0 Å². The van der Waals surface area contributed by atoms with Gasteiger partial charge in [0.2, 0.25) is 0 Å². The lowest BCUT2D eigenvalue weighted by molar-refractivity contribution is -0.384. The van der Waals surface area contributed by atoms with E-state index in [9.17, 15) is 10.1 Å². The number of hydrogen-bond donors (Lipinski definition) is 2. The van der Waals surface area contributed by atoms with Crippen LogP contribution in [0.25, 0.3) is 0 Å². The van der Waals surface area contributed by atoms with Crippen molar-refractivity contribution in [1.82, 2.24) is 10.6 Å². The number of aliphatic imine (C=N–C) groups is 1. The topological polar surface area (TPSA) is 88.8 Å². The van der Waals surface area contributed by atoms with E-state index in [4.69, 9.17) is 4.74 Å². The van der Waals surface area contributed by atoms with Gasteiger partial charge >= 0.3 is 0 Å². The minimum absolute atomic E-state index is 0.0962. The number of benzene rings is 1. The maximum atomic E-state index is 10.7. The maximum Gasteiger partial charge on any atom is 0.269 e. The van der Waals surface area contributed by atoms with Crippen molar-refractivity contribution in [2.24, 2.45) is 16.8 Å². The van der Waals surface area contributed by atoms with E-state index in [1.54, 1.807) is 12.1 Å². The summed E-state index contributed by atoms with van der Waals surface area (Å²) in [6.07, 6.45) is 1.07. The first-order chi connectivity index (χ1) is 12.0. The Morgan fingerprint density at radius 3 is 2.64 bits per heavy atom. The molecule has 25 heavy (non-hydrogen) atoms. The third-order valence-corrected chi connectivity index (χ3v) is 4.51. The van der Waals surface area contributed by atoms with Crippen molar-refractivity contribution in [3.05, 3.63) is 39.9 Å². The lowest BCUT2D eigenvalue weighted by atomic mass is 10.1. The minimum atomic E-state index is -0.393. The fourth-order valence-corrected chi connectivity index (χ4v) is 2.41. The fourth-order valence-electron chi connectivity index (χ4n) is 2.41. The molecule has 0 aromatic heterocycles. The molecule has 1 aromatic carbocycles. The van der Waals surface area contributed by atoms with Crippen LogP contribution >= 0.6 is 0 Å². The summed E-state index contributed by atoms with van der Waals surface area (Å²) < 4.78 is 5.41. The minimum Gasteiger partial charge on any atom is -0.381 e. The zero-order valence-corrected chi connectivity index (χ0v) is 15.2. The summed E-state index contributed by atoms with van der Waals surface area (Å²) in [5.41, 5.74) is 1.03. The van der Waals surface area contributed by atoms with E-state index in [0.29, 0.717) is 24.4 Å². The van der Waals surface area contributed by atoms with Crippen molar-refractivity contribution in [1.29, 1.82) is 0 Å². The summed E-state index contributed by atoms with van der Waals surface area (Å²) in [6, 6.07) is 6.81. The molecular formula is C18H28N4O3. The monoisotopic (exact) mass is 348 g/mol. The number of rotatable bonds is 7. The number of ether oxygens (including phenoxy) is 1. The van der Waals surface area contributed by atoms with Crippen LogP contribution in [0.4, 0.5) is 5.69 Å². The second-order valence-corrected chi connectivity index (χ2v) is 6.88. The number of hydrogen-bond acceptors (Lipinski definition) is 4. The van der Waals surface area contributed by atoms with Gasteiger partial charge in [-0.2, -0.15) is 0 Å². The zero-order chi connectivity index (χ0) is 18.2. The van der Waals surface area contributed by atoms with Crippen LogP contribution in [0.1, 0.15) is 32.8 Å². The smallest absolute Gasteiger partial charge is 0.269 e. The first kappa shape index (κ1) is 19.2. The van der Waals surface area contributed by atoms with Gasteiger partial charge in [-0.1, -0.05) is 26.0 Å². The second kappa shape index (κ2) is 9.36. The number of nitro benzene ring substituents is 1. The van der Waals surface area contributed by atoms with Crippen LogP contribution in [-0.2, 0) is 11.3 Å². The molecule has 1 fully saturated rings. The largest absolute Gasteiger partial charge is 0.381 e. The summed E-state index contributed by atoms with van der Waals surface area (Å²) in [5, 5.41) is 17.6. The third-order valence-electron chi connectivity index (χ3n) is 4.51. The number of nitrogens with zero attached hydrogens (tertiary/aromatic N) is 2. The third kappa shape index (κ3) is 6.34. The summed E-state index contributed by atoms with van der Waals surface area (Å²) in [4.78, 5) is 15.0. The molecule has 1 aliphatic heterocycles. The lowest BCUT2D eigenvalue weighted by Crippen LogP contribution is -2.45. The van der Waals surface area contributed by atoms with Gasteiger partial charge in [0.05, 0.1) is 18.1 Å². The van der Waals surface area contributed by atoms with Gasteiger partial charge in [-0.25, -0.2) is 4.99 Å². The van der Waals surface area contributed by atoms with Crippen molar-refractivity contribution < 1.29 is 9.66 Å². The first-order valence-electron chi connectivity index (χ1n) is 8.81. The predicted octanol–water partition coefficient (Wildman–Crippen LogP) is 2.71. The van der Waals surface area contributed by atoms with Gasteiger partial charge in [-0.05, 0) is 24.8 Å². The number of non-ortho nitro benzene ring substituents is 1. The quantitative estimate of drug-likeness (QED) is 0.342.